The molecule has 0 saturated carbocycles. The van der Waals surface area contributed by atoms with Gasteiger partial charge in [-0.3, -0.25) is 0 Å². The molecule has 2 aromatic heterocycles. The fourth-order valence-corrected chi connectivity index (χ4v) is 4.87. The lowest BCUT2D eigenvalue weighted by atomic mass is 10.0. The van der Waals surface area contributed by atoms with Crippen LogP contribution >= 0.6 is 0 Å². The Labute approximate surface area is 237 Å². The molecule has 0 bridgehead atoms. The average Bonchev–Trinajstić information content (AvgIpc) is 3.60. The van der Waals surface area contributed by atoms with Crippen molar-refractivity contribution in [2.75, 3.05) is 0 Å². The molecular formula is C31H34N6O4. The number of fused-ring (bicyclic) bond motifs is 2. The largest absolute Gasteiger partial charge is 0.465 e. The van der Waals surface area contributed by atoms with Gasteiger partial charge in [0.25, 0.3) is 0 Å². The van der Waals surface area contributed by atoms with Gasteiger partial charge in [-0.05, 0) is 66.6 Å². The molecule has 0 fully saturated rings. The monoisotopic (exact) mass is 554 g/mol. The average molecular weight is 555 g/mol. The van der Waals surface area contributed by atoms with Gasteiger partial charge in [-0.1, -0.05) is 56.3 Å². The number of imidazole rings is 2. The Kier molecular flexibility index (Phi) is 8.47. The Bertz CT molecular complexity index is 1640. The first-order valence-electron chi connectivity index (χ1n) is 13.9. The number of aromatic amines is 2. The van der Waals surface area contributed by atoms with Crippen LogP contribution in [0.4, 0.5) is 9.59 Å². The third-order valence-electron chi connectivity index (χ3n) is 7.11. The van der Waals surface area contributed by atoms with Crippen LogP contribution in [0.3, 0.4) is 0 Å². The van der Waals surface area contributed by atoms with Gasteiger partial charge in [0, 0.05) is 0 Å². The van der Waals surface area contributed by atoms with E-state index in [1.165, 1.54) is 0 Å². The molecule has 3 aromatic carbocycles. The van der Waals surface area contributed by atoms with E-state index in [4.69, 9.17) is 14.8 Å². The summed E-state index contributed by atoms with van der Waals surface area (Å²) in [7, 11) is 0. The smallest absolute Gasteiger partial charge is 0.408 e. The van der Waals surface area contributed by atoms with E-state index in [-0.39, 0.29) is 18.7 Å². The zero-order chi connectivity index (χ0) is 28.8. The Morgan fingerprint density at radius 3 is 1.83 bits per heavy atom. The van der Waals surface area contributed by atoms with Crippen molar-refractivity contribution in [3.63, 3.8) is 0 Å². The molecule has 2 atom stereocenters. The van der Waals surface area contributed by atoms with Crippen LogP contribution in [0.5, 0.6) is 0 Å². The molecule has 0 spiro atoms. The van der Waals surface area contributed by atoms with Gasteiger partial charge in [-0.15, -0.1) is 0 Å². The van der Waals surface area contributed by atoms with Crippen molar-refractivity contribution in [3.05, 3.63) is 95.1 Å². The van der Waals surface area contributed by atoms with Gasteiger partial charge in [-0.2, -0.15) is 0 Å². The van der Waals surface area contributed by atoms with Gasteiger partial charge < -0.3 is 30.4 Å². The highest BCUT2D eigenvalue weighted by molar-refractivity contribution is 5.77. The number of hydrogen-bond donors (Lipinski definition) is 5. The van der Waals surface area contributed by atoms with Gasteiger partial charge in [-0.25, -0.2) is 19.6 Å². The normalized spacial score (nSPS) is 12.7. The molecule has 0 aliphatic heterocycles. The number of alkyl carbamates (subject to hydrolysis) is 1. The summed E-state index contributed by atoms with van der Waals surface area (Å²) >= 11 is 0. The van der Waals surface area contributed by atoms with E-state index in [1.54, 1.807) is 0 Å². The standard InChI is InChI=1S/C31H34N6O4/c1-3-22(36-30(38)39)28-32-24-14-12-19(16-26(24)34-28)10-11-20-13-15-25-27(17-20)35-29(33-25)23(4-2)37-31(40)41-18-21-8-6-5-7-9-21/h5-9,12-17,22-23,36H,3-4,10-11,18H2,1-2H3,(H,32,34)(H,33,35)(H,37,40)(H,38,39)/t22-,23-/m0/s1. The summed E-state index contributed by atoms with van der Waals surface area (Å²) in [5.41, 5.74) is 6.70. The first-order valence-corrected chi connectivity index (χ1v) is 13.9. The number of benzene rings is 3. The molecule has 0 saturated heterocycles. The van der Waals surface area contributed by atoms with Crippen molar-refractivity contribution < 1.29 is 19.4 Å². The molecule has 0 radical (unpaired) electrons. The van der Waals surface area contributed by atoms with E-state index in [0.29, 0.717) is 24.5 Å². The highest BCUT2D eigenvalue weighted by Crippen LogP contribution is 2.23. The number of carbonyl (C=O) groups excluding carboxylic acids is 1. The van der Waals surface area contributed by atoms with Crippen molar-refractivity contribution in [3.8, 4) is 0 Å². The SMILES string of the molecule is CC[C@H](NC(=O)O)c1nc2ccc(CCc3ccc4nc([C@H](CC)NC(=O)OCc5ccccc5)[nH]c4c3)cc2[nH]1. The van der Waals surface area contributed by atoms with Crippen LogP contribution in [0.1, 0.15) is 67.1 Å². The molecule has 0 aliphatic carbocycles. The number of amides is 2. The Balaban J connectivity index is 1.22. The third-order valence-corrected chi connectivity index (χ3v) is 7.11. The van der Waals surface area contributed by atoms with E-state index in [1.807, 2.05) is 56.3 Å². The summed E-state index contributed by atoms with van der Waals surface area (Å²) in [5.74, 6) is 1.31. The number of rotatable bonds is 11. The minimum absolute atomic E-state index is 0.211. The van der Waals surface area contributed by atoms with Crippen LogP contribution < -0.4 is 10.6 Å². The van der Waals surface area contributed by atoms with Gasteiger partial charge in [0.1, 0.15) is 18.3 Å². The van der Waals surface area contributed by atoms with Crippen molar-refractivity contribution >= 4 is 34.3 Å². The number of nitrogens with zero attached hydrogens (tertiary/aromatic N) is 2. The summed E-state index contributed by atoms with van der Waals surface area (Å²) in [4.78, 5) is 39.4. The van der Waals surface area contributed by atoms with Crippen LogP contribution in [-0.4, -0.2) is 37.2 Å². The number of H-pyrrole nitrogens is 2. The zero-order valence-corrected chi connectivity index (χ0v) is 23.1. The number of aromatic nitrogens is 4. The molecule has 0 aliphatic rings. The van der Waals surface area contributed by atoms with Gasteiger partial charge in [0.15, 0.2) is 0 Å². The lowest BCUT2D eigenvalue weighted by Gasteiger charge is -2.14. The van der Waals surface area contributed by atoms with Crippen LogP contribution in [0.15, 0.2) is 66.7 Å². The number of ether oxygens (including phenoxy) is 1. The topological polar surface area (TPSA) is 145 Å². The fourth-order valence-electron chi connectivity index (χ4n) is 4.87. The van der Waals surface area contributed by atoms with Crippen molar-refractivity contribution in [1.82, 2.24) is 30.6 Å². The number of carbonyl (C=O) groups is 2. The first-order chi connectivity index (χ1) is 19.9. The molecule has 5 rings (SSSR count). The lowest BCUT2D eigenvalue weighted by molar-refractivity contribution is 0.135. The van der Waals surface area contributed by atoms with Crippen LogP contribution in [0, 0.1) is 0 Å². The highest BCUT2D eigenvalue weighted by atomic mass is 16.5. The van der Waals surface area contributed by atoms with Crippen molar-refractivity contribution in [2.45, 2.75) is 58.2 Å². The summed E-state index contributed by atoms with van der Waals surface area (Å²) in [6, 6.07) is 21.2. The predicted octanol–water partition coefficient (Wildman–Crippen LogP) is 6.32. The molecule has 2 heterocycles. The molecule has 10 nitrogen and oxygen atoms in total. The zero-order valence-electron chi connectivity index (χ0n) is 23.1. The van der Waals surface area contributed by atoms with Crippen molar-refractivity contribution in [1.29, 1.82) is 0 Å². The maximum Gasteiger partial charge on any atom is 0.408 e. The minimum Gasteiger partial charge on any atom is -0.465 e. The van der Waals surface area contributed by atoms with Crippen molar-refractivity contribution in [2.24, 2.45) is 0 Å². The molecule has 41 heavy (non-hydrogen) atoms. The summed E-state index contributed by atoms with van der Waals surface area (Å²) in [5, 5.41) is 14.5. The number of nitrogens with one attached hydrogen (secondary N) is 4. The van der Waals surface area contributed by atoms with Gasteiger partial charge in [0.05, 0.1) is 34.2 Å². The first kappa shape index (κ1) is 27.7. The maximum atomic E-state index is 12.4. The maximum absolute atomic E-state index is 12.4. The summed E-state index contributed by atoms with van der Waals surface area (Å²) < 4.78 is 5.39. The number of aryl methyl sites for hydroxylation is 2. The summed E-state index contributed by atoms with van der Waals surface area (Å²) in [6.45, 7) is 4.12. The van der Waals surface area contributed by atoms with Gasteiger partial charge in [0.2, 0.25) is 0 Å². The fraction of sp³-hybridized carbons (Fsp3) is 0.290. The molecule has 2 amide bonds. The molecular weight excluding hydrogens is 520 g/mol. The van der Waals surface area contributed by atoms with E-state index in [2.05, 4.69) is 49.9 Å². The number of carboxylic acid groups (broad SMARTS) is 1. The predicted molar refractivity (Wildman–Crippen MR) is 157 cm³/mol. The number of hydrogen-bond acceptors (Lipinski definition) is 5. The Morgan fingerprint density at radius 2 is 1.32 bits per heavy atom. The quantitative estimate of drug-likeness (QED) is 0.129. The van der Waals surface area contributed by atoms with E-state index in [9.17, 15) is 9.59 Å². The van der Waals surface area contributed by atoms with Crippen LogP contribution in [0.25, 0.3) is 22.1 Å². The van der Waals surface area contributed by atoms with Gasteiger partial charge >= 0.3 is 12.2 Å². The Morgan fingerprint density at radius 1 is 0.780 bits per heavy atom. The second-order valence-electron chi connectivity index (χ2n) is 10.0. The van der Waals surface area contributed by atoms with Crippen LogP contribution in [0.2, 0.25) is 0 Å². The Hall–Kier alpha value is -4.86. The summed E-state index contributed by atoms with van der Waals surface area (Å²) in [6.07, 6.45) is 1.37. The van der Waals surface area contributed by atoms with E-state index < -0.39 is 12.2 Å². The third kappa shape index (κ3) is 6.84. The van der Waals surface area contributed by atoms with Crippen LogP contribution in [-0.2, 0) is 24.2 Å². The minimum atomic E-state index is -1.07. The molecule has 212 valence electrons. The molecule has 0 unspecified atom stereocenters. The lowest BCUT2D eigenvalue weighted by Crippen LogP contribution is -2.29. The molecule has 10 heteroatoms. The second-order valence-corrected chi connectivity index (χ2v) is 10.0. The second kappa shape index (κ2) is 12.5. The highest BCUT2D eigenvalue weighted by Gasteiger charge is 2.18. The van der Waals surface area contributed by atoms with E-state index >= 15 is 0 Å². The molecule has 5 N–H and O–H groups in total. The van der Waals surface area contributed by atoms with E-state index in [0.717, 1.165) is 51.6 Å². The molecule has 5 aromatic rings.